The Morgan fingerprint density at radius 1 is 0.935 bits per heavy atom. The van der Waals surface area contributed by atoms with Gasteiger partial charge in [0.1, 0.15) is 11.3 Å². The number of rotatable bonds is 5. The maximum absolute atomic E-state index is 13.0. The van der Waals surface area contributed by atoms with Gasteiger partial charge in [-0.3, -0.25) is 9.59 Å². The Hall–Kier alpha value is -3.48. The highest BCUT2D eigenvalue weighted by atomic mass is 16.7. The van der Waals surface area contributed by atoms with Gasteiger partial charge in [-0.25, -0.2) is 0 Å². The van der Waals surface area contributed by atoms with Crippen molar-refractivity contribution in [2.75, 3.05) is 17.4 Å². The molecule has 1 saturated carbocycles. The van der Waals surface area contributed by atoms with Crippen LogP contribution in [0.15, 0.2) is 46.9 Å². The average Bonchev–Trinajstić information content (AvgIpc) is 3.39. The Morgan fingerprint density at radius 2 is 1.74 bits per heavy atom. The summed E-state index contributed by atoms with van der Waals surface area (Å²) in [4.78, 5) is 25.8. The number of nitrogens with one attached hydrogen (secondary N) is 2. The zero-order valence-corrected chi connectivity index (χ0v) is 17.1. The first-order chi connectivity index (χ1) is 15.2. The third-order valence-electron chi connectivity index (χ3n) is 5.90. The first-order valence-electron chi connectivity index (χ1n) is 10.7. The molecule has 0 unspecified atom stereocenters. The van der Waals surface area contributed by atoms with Crippen LogP contribution < -0.4 is 20.1 Å². The van der Waals surface area contributed by atoms with E-state index in [2.05, 4.69) is 10.6 Å². The van der Waals surface area contributed by atoms with Gasteiger partial charge in [0, 0.05) is 23.6 Å². The molecule has 2 aliphatic rings. The summed E-state index contributed by atoms with van der Waals surface area (Å²) in [6.07, 6.45) is 6.22. The van der Waals surface area contributed by atoms with Crippen LogP contribution in [0.4, 0.5) is 11.4 Å². The first kappa shape index (κ1) is 19.5. The van der Waals surface area contributed by atoms with E-state index in [1.165, 1.54) is 19.3 Å². The van der Waals surface area contributed by atoms with E-state index in [1.807, 2.05) is 18.2 Å². The molecular formula is C24H24N2O5. The third-order valence-corrected chi connectivity index (χ3v) is 5.90. The molecule has 2 amide bonds. The lowest BCUT2D eigenvalue weighted by molar-refractivity contribution is -0.117. The second kappa shape index (κ2) is 8.34. The lowest BCUT2D eigenvalue weighted by Crippen LogP contribution is -2.20. The molecule has 3 aromatic rings. The van der Waals surface area contributed by atoms with Crippen molar-refractivity contribution in [1.82, 2.24) is 0 Å². The van der Waals surface area contributed by atoms with Gasteiger partial charge in [-0.05, 0) is 43.0 Å². The second-order valence-electron chi connectivity index (χ2n) is 8.08. The van der Waals surface area contributed by atoms with Crippen molar-refractivity contribution in [3.8, 4) is 11.5 Å². The Labute approximate surface area is 179 Å². The van der Waals surface area contributed by atoms with Crippen LogP contribution in [0, 0.1) is 5.92 Å². The van der Waals surface area contributed by atoms with Crippen LogP contribution in [0.1, 0.15) is 49.1 Å². The molecule has 5 rings (SSSR count). The number of hydrogen-bond acceptors (Lipinski definition) is 5. The van der Waals surface area contributed by atoms with E-state index in [1.54, 1.807) is 24.3 Å². The van der Waals surface area contributed by atoms with Crippen molar-refractivity contribution in [2.24, 2.45) is 5.92 Å². The van der Waals surface area contributed by atoms with Gasteiger partial charge in [-0.15, -0.1) is 0 Å². The van der Waals surface area contributed by atoms with Gasteiger partial charge in [0.2, 0.25) is 18.5 Å². The zero-order valence-electron chi connectivity index (χ0n) is 17.1. The molecule has 1 aliphatic carbocycles. The van der Waals surface area contributed by atoms with Crippen LogP contribution in [-0.4, -0.2) is 18.6 Å². The van der Waals surface area contributed by atoms with Crippen LogP contribution in [0.3, 0.4) is 0 Å². The van der Waals surface area contributed by atoms with Crippen molar-refractivity contribution in [3.63, 3.8) is 0 Å². The summed E-state index contributed by atoms with van der Waals surface area (Å²) in [5.74, 6) is 1.16. The van der Waals surface area contributed by atoms with Gasteiger partial charge in [-0.1, -0.05) is 31.4 Å². The number of carbonyl (C=O) groups excluding carboxylic acids is 2. The molecule has 0 atom stereocenters. The number of para-hydroxylation sites is 1. The maximum Gasteiger partial charge on any atom is 0.293 e. The summed E-state index contributed by atoms with van der Waals surface area (Å²) in [5, 5.41) is 6.48. The van der Waals surface area contributed by atoms with E-state index in [-0.39, 0.29) is 18.5 Å². The topological polar surface area (TPSA) is 89.8 Å². The Bertz CT molecular complexity index is 1130. The van der Waals surface area contributed by atoms with Crippen molar-refractivity contribution >= 4 is 34.2 Å². The lowest BCUT2D eigenvalue weighted by atomic mass is 9.87. The quantitative estimate of drug-likeness (QED) is 0.583. The van der Waals surface area contributed by atoms with E-state index in [9.17, 15) is 9.59 Å². The number of hydrogen-bond donors (Lipinski definition) is 2. The summed E-state index contributed by atoms with van der Waals surface area (Å²) >= 11 is 0. The normalized spacial score (nSPS) is 15.7. The molecule has 160 valence electrons. The molecule has 1 aliphatic heterocycles. The molecule has 31 heavy (non-hydrogen) atoms. The standard InChI is InChI=1S/C24H24N2O5/c27-21(12-15-6-2-1-3-7-15)26-22-17-8-4-5-9-18(17)31-23(22)24(28)25-16-10-11-19-20(13-16)30-14-29-19/h4-5,8-11,13,15H,1-3,6-7,12,14H2,(H,25,28)(H,26,27). The Morgan fingerprint density at radius 3 is 2.61 bits per heavy atom. The van der Waals surface area contributed by atoms with Gasteiger partial charge < -0.3 is 24.5 Å². The smallest absolute Gasteiger partial charge is 0.293 e. The Kier molecular flexibility index (Phi) is 5.24. The number of ether oxygens (including phenoxy) is 2. The van der Waals surface area contributed by atoms with E-state index in [0.717, 1.165) is 12.8 Å². The van der Waals surface area contributed by atoms with E-state index >= 15 is 0 Å². The van der Waals surface area contributed by atoms with Crippen molar-refractivity contribution in [3.05, 3.63) is 48.2 Å². The molecule has 0 radical (unpaired) electrons. The predicted octanol–water partition coefficient (Wildman–Crippen LogP) is 5.32. The third kappa shape index (κ3) is 4.08. The van der Waals surface area contributed by atoms with Crippen molar-refractivity contribution in [2.45, 2.75) is 38.5 Å². The van der Waals surface area contributed by atoms with Gasteiger partial charge in [-0.2, -0.15) is 0 Å². The monoisotopic (exact) mass is 420 g/mol. The SMILES string of the molecule is O=C(CC1CCCCC1)Nc1c(C(=O)Nc2ccc3c(c2)OCO3)oc2ccccc12. The van der Waals surface area contributed by atoms with Gasteiger partial charge in [0.25, 0.3) is 5.91 Å². The highest BCUT2D eigenvalue weighted by Crippen LogP contribution is 2.36. The fraction of sp³-hybridized carbons (Fsp3) is 0.333. The molecule has 2 N–H and O–H groups in total. The molecule has 7 heteroatoms. The highest BCUT2D eigenvalue weighted by Gasteiger charge is 2.24. The molecular weight excluding hydrogens is 396 g/mol. The lowest BCUT2D eigenvalue weighted by Gasteiger charge is -2.20. The van der Waals surface area contributed by atoms with Crippen molar-refractivity contribution in [1.29, 1.82) is 0 Å². The fourth-order valence-corrected chi connectivity index (χ4v) is 4.34. The average molecular weight is 420 g/mol. The molecule has 0 bridgehead atoms. The minimum absolute atomic E-state index is 0.0795. The largest absolute Gasteiger partial charge is 0.454 e. The number of fused-ring (bicyclic) bond motifs is 2. The van der Waals surface area contributed by atoms with Gasteiger partial charge in [0.05, 0.1) is 0 Å². The number of carbonyl (C=O) groups is 2. The summed E-state index contributed by atoms with van der Waals surface area (Å²) in [7, 11) is 0. The molecule has 7 nitrogen and oxygen atoms in total. The minimum atomic E-state index is -0.442. The van der Waals surface area contributed by atoms with Crippen molar-refractivity contribution < 1.29 is 23.5 Å². The molecule has 2 heterocycles. The van der Waals surface area contributed by atoms with E-state index in [0.29, 0.717) is 46.2 Å². The second-order valence-corrected chi connectivity index (χ2v) is 8.08. The zero-order chi connectivity index (χ0) is 21.2. The summed E-state index contributed by atoms with van der Waals surface area (Å²) in [6, 6.07) is 12.5. The maximum atomic E-state index is 13.0. The summed E-state index contributed by atoms with van der Waals surface area (Å²) < 4.78 is 16.5. The number of furan rings is 1. The van der Waals surface area contributed by atoms with Crippen LogP contribution in [0.5, 0.6) is 11.5 Å². The van der Waals surface area contributed by atoms with E-state index in [4.69, 9.17) is 13.9 Å². The van der Waals surface area contributed by atoms with Gasteiger partial charge >= 0.3 is 0 Å². The van der Waals surface area contributed by atoms with Crippen LogP contribution >= 0.6 is 0 Å². The van der Waals surface area contributed by atoms with Crippen LogP contribution in [0.2, 0.25) is 0 Å². The molecule has 1 aromatic heterocycles. The number of amides is 2. The van der Waals surface area contributed by atoms with Gasteiger partial charge in [0.15, 0.2) is 11.5 Å². The van der Waals surface area contributed by atoms with E-state index < -0.39 is 5.91 Å². The summed E-state index contributed by atoms with van der Waals surface area (Å²) in [6.45, 7) is 0.160. The minimum Gasteiger partial charge on any atom is -0.454 e. The molecule has 0 saturated heterocycles. The molecule has 1 fully saturated rings. The number of anilines is 2. The molecule has 2 aromatic carbocycles. The first-order valence-corrected chi connectivity index (χ1v) is 10.7. The molecule has 0 spiro atoms. The highest BCUT2D eigenvalue weighted by molar-refractivity contribution is 6.14. The predicted molar refractivity (Wildman–Crippen MR) is 117 cm³/mol. The van der Waals surface area contributed by atoms with Crippen LogP contribution in [-0.2, 0) is 4.79 Å². The summed E-state index contributed by atoms with van der Waals surface area (Å²) in [5.41, 5.74) is 1.51. The number of benzene rings is 2. The Balaban J connectivity index is 1.38. The van der Waals surface area contributed by atoms with Crippen LogP contribution in [0.25, 0.3) is 11.0 Å². The fourth-order valence-electron chi connectivity index (χ4n) is 4.34.